The van der Waals surface area contributed by atoms with Gasteiger partial charge < -0.3 is 10.2 Å². The largest absolute Gasteiger partial charge is 0.481 e. The number of aliphatic carboxylic acids is 2. The molecule has 0 aliphatic heterocycles. The molecule has 0 aromatic carbocycles. The fourth-order valence-electron chi connectivity index (χ4n) is 1.07. The van der Waals surface area contributed by atoms with Gasteiger partial charge in [-0.25, -0.2) is 0 Å². The van der Waals surface area contributed by atoms with E-state index >= 15 is 0 Å². The van der Waals surface area contributed by atoms with Crippen molar-refractivity contribution in [1.82, 2.24) is 0 Å². The molecule has 0 saturated carbocycles. The number of halogens is 1. The molecule has 0 aliphatic carbocycles. The number of carboxylic acid groups (broad SMARTS) is 2. The van der Waals surface area contributed by atoms with E-state index in [1.54, 1.807) is 0 Å². The van der Waals surface area contributed by atoms with Crippen LogP contribution < -0.4 is 0 Å². The first kappa shape index (κ1) is 13.2. The van der Waals surface area contributed by atoms with E-state index in [4.69, 9.17) is 10.2 Å². The lowest BCUT2D eigenvalue weighted by molar-refractivity contribution is -0.143. The molecule has 2 N–H and O–H groups in total. The monoisotopic (exact) mass is 224 g/mol. The fraction of sp³-hybridized carbons (Fsp3) is 0.750. The van der Waals surface area contributed by atoms with Crippen LogP contribution >= 0.6 is 12.1 Å². The Bertz CT molecular complexity index is 198. The predicted molar refractivity (Wildman–Crippen MR) is 50.8 cm³/mol. The Labute approximate surface area is 85.8 Å². The smallest absolute Gasteiger partial charge is 0.306 e. The van der Waals surface area contributed by atoms with Gasteiger partial charge in [-0.2, -0.15) is 3.89 Å². The summed E-state index contributed by atoms with van der Waals surface area (Å²) in [6, 6.07) is 0. The van der Waals surface area contributed by atoms with Crippen molar-refractivity contribution < 1.29 is 23.7 Å². The molecule has 0 aromatic rings. The highest BCUT2D eigenvalue weighted by Crippen LogP contribution is 2.16. The molecule has 1 unspecified atom stereocenters. The van der Waals surface area contributed by atoms with Gasteiger partial charge in [-0.1, -0.05) is 0 Å². The summed E-state index contributed by atoms with van der Waals surface area (Å²) in [5.74, 6) is -2.42. The number of carboxylic acids is 2. The number of carbonyl (C=O) groups is 2. The third-order valence-electron chi connectivity index (χ3n) is 1.83. The van der Waals surface area contributed by atoms with Gasteiger partial charge in [0.2, 0.25) is 0 Å². The van der Waals surface area contributed by atoms with E-state index in [0.717, 1.165) is 0 Å². The first-order valence-electron chi connectivity index (χ1n) is 4.26. The molecule has 0 rings (SSSR count). The molecule has 0 fully saturated rings. The molecule has 82 valence electrons. The van der Waals surface area contributed by atoms with Gasteiger partial charge in [-0.15, -0.1) is 0 Å². The van der Waals surface area contributed by atoms with E-state index in [2.05, 4.69) is 0 Å². The van der Waals surface area contributed by atoms with Gasteiger partial charge in [0.15, 0.2) is 0 Å². The first-order valence-corrected chi connectivity index (χ1v) is 5.14. The summed E-state index contributed by atoms with van der Waals surface area (Å²) in [5.41, 5.74) is 0. The average molecular weight is 224 g/mol. The van der Waals surface area contributed by atoms with Crippen LogP contribution in [0.4, 0.5) is 3.89 Å². The molecule has 0 heterocycles. The maximum atomic E-state index is 11.6. The molecular formula is C8H13FO4S. The zero-order chi connectivity index (χ0) is 11.0. The zero-order valence-corrected chi connectivity index (χ0v) is 8.43. The maximum Gasteiger partial charge on any atom is 0.306 e. The van der Waals surface area contributed by atoms with Gasteiger partial charge in [-0.05, 0) is 19.3 Å². The van der Waals surface area contributed by atoms with Gasteiger partial charge in [0.1, 0.15) is 0 Å². The van der Waals surface area contributed by atoms with Crippen LogP contribution in [0.2, 0.25) is 0 Å². The predicted octanol–water partition coefficient (Wildman–Crippen LogP) is 1.95. The molecule has 0 aliphatic rings. The second kappa shape index (κ2) is 7.61. The molecule has 0 aromatic heterocycles. The molecule has 0 spiro atoms. The Morgan fingerprint density at radius 2 is 1.93 bits per heavy atom. The second-order valence-corrected chi connectivity index (χ2v) is 3.55. The summed E-state index contributed by atoms with van der Waals surface area (Å²) < 4.78 is 11.6. The van der Waals surface area contributed by atoms with Crippen LogP contribution in [0.3, 0.4) is 0 Å². The van der Waals surface area contributed by atoms with Crippen LogP contribution in [0.5, 0.6) is 0 Å². The number of hydrogen-bond acceptors (Lipinski definition) is 3. The highest BCUT2D eigenvalue weighted by molar-refractivity contribution is 7.94. The Hall–Kier alpha value is -0.780. The Morgan fingerprint density at radius 1 is 1.29 bits per heavy atom. The van der Waals surface area contributed by atoms with Crippen LogP contribution in [0.1, 0.15) is 25.7 Å². The third-order valence-corrected chi connectivity index (χ3v) is 2.27. The summed E-state index contributed by atoms with van der Waals surface area (Å²) in [7, 11) is 0. The summed E-state index contributed by atoms with van der Waals surface area (Å²) >= 11 is 0.170. The lowest BCUT2D eigenvalue weighted by Crippen LogP contribution is -2.15. The van der Waals surface area contributed by atoms with Crippen molar-refractivity contribution in [1.29, 1.82) is 0 Å². The normalized spacial score (nSPS) is 12.4. The molecule has 6 heteroatoms. The van der Waals surface area contributed by atoms with E-state index in [-0.39, 0.29) is 30.7 Å². The summed E-state index contributed by atoms with van der Waals surface area (Å²) in [4.78, 5) is 20.8. The fourth-order valence-corrected chi connectivity index (χ4v) is 1.35. The minimum atomic E-state index is -1.00. The SMILES string of the molecule is O=C(O)CCC(CCCSF)C(=O)O. The molecular weight excluding hydrogens is 211 g/mol. The Balaban J connectivity index is 3.78. The topological polar surface area (TPSA) is 74.6 Å². The molecule has 0 saturated heterocycles. The quantitative estimate of drug-likeness (QED) is 0.616. The van der Waals surface area contributed by atoms with Crippen LogP contribution in [0, 0.1) is 5.92 Å². The van der Waals surface area contributed by atoms with E-state index in [0.29, 0.717) is 12.8 Å². The molecule has 1 atom stereocenters. The minimum Gasteiger partial charge on any atom is -0.481 e. The van der Waals surface area contributed by atoms with Gasteiger partial charge in [0, 0.05) is 24.3 Å². The lowest BCUT2D eigenvalue weighted by atomic mass is 9.98. The van der Waals surface area contributed by atoms with Crippen molar-refractivity contribution in [3.63, 3.8) is 0 Å². The standard InChI is InChI=1S/C8H13FO4S/c9-14-5-1-2-6(8(12)13)3-4-7(10)11/h6H,1-5H2,(H,10,11)(H,12,13). The van der Waals surface area contributed by atoms with Crippen molar-refractivity contribution in [2.24, 2.45) is 5.92 Å². The van der Waals surface area contributed by atoms with Gasteiger partial charge >= 0.3 is 11.9 Å². The Kier molecular flexibility index (Phi) is 7.18. The summed E-state index contributed by atoms with van der Waals surface area (Å²) in [6.07, 6.45) is 0.749. The third kappa shape index (κ3) is 6.71. The summed E-state index contributed by atoms with van der Waals surface area (Å²) in [6.45, 7) is 0. The minimum absolute atomic E-state index is 0.113. The number of hydrogen-bond donors (Lipinski definition) is 2. The van der Waals surface area contributed by atoms with Crippen molar-refractivity contribution >= 4 is 24.1 Å². The maximum absolute atomic E-state index is 11.6. The molecule has 0 radical (unpaired) electrons. The van der Waals surface area contributed by atoms with E-state index < -0.39 is 17.9 Å². The lowest BCUT2D eigenvalue weighted by Gasteiger charge is -2.09. The van der Waals surface area contributed by atoms with Crippen LogP contribution in [-0.2, 0) is 9.59 Å². The molecule has 4 nitrogen and oxygen atoms in total. The molecule has 0 amide bonds. The highest BCUT2D eigenvalue weighted by atomic mass is 32.2. The van der Waals surface area contributed by atoms with Crippen molar-refractivity contribution in [2.45, 2.75) is 25.7 Å². The van der Waals surface area contributed by atoms with Crippen LogP contribution in [0.25, 0.3) is 0 Å². The zero-order valence-electron chi connectivity index (χ0n) is 7.61. The van der Waals surface area contributed by atoms with Gasteiger partial charge in [0.25, 0.3) is 0 Å². The van der Waals surface area contributed by atoms with Crippen LogP contribution in [-0.4, -0.2) is 27.9 Å². The number of rotatable bonds is 8. The van der Waals surface area contributed by atoms with E-state index in [9.17, 15) is 13.5 Å². The van der Waals surface area contributed by atoms with Gasteiger partial charge in [-0.3, -0.25) is 9.59 Å². The van der Waals surface area contributed by atoms with E-state index in [1.807, 2.05) is 0 Å². The highest BCUT2D eigenvalue weighted by Gasteiger charge is 2.17. The second-order valence-electron chi connectivity index (χ2n) is 2.92. The Morgan fingerprint density at radius 3 is 2.36 bits per heavy atom. The van der Waals surface area contributed by atoms with Crippen LogP contribution in [0.15, 0.2) is 0 Å². The van der Waals surface area contributed by atoms with Crippen molar-refractivity contribution in [2.75, 3.05) is 5.75 Å². The first-order chi connectivity index (χ1) is 6.57. The van der Waals surface area contributed by atoms with Crippen molar-refractivity contribution in [3.05, 3.63) is 0 Å². The van der Waals surface area contributed by atoms with E-state index in [1.165, 1.54) is 0 Å². The molecule has 0 bridgehead atoms. The van der Waals surface area contributed by atoms with Gasteiger partial charge in [0.05, 0.1) is 5.92 Å². The summed E-state index contributed by atoms with van der Waals surface area (Å²) in [5, 5.41) is 17.1. The average Bonchev–Trinajstić information content (AvgIpc) is 2.10. The molecule has 14 heavy (non-hydrogen) atoms. The van der Waals surface area contributed by atoms with Crippen molar-refractivity contribution in [3.8, 4) is 0 Å².